The topological polar surface area (TPSA) is 67.0 Å². The third kappa shape index (κ3) is 3.41. The van der Waals surface area contributed by atoms with E-state index < -0.39 is 0 Å². The number of carbonyl (C=O) groups is 1. The van der Waals surface area contributed by atoms with Crippen molar-refractivity contribution in [3.05, 3.63) is 59.5 Å². The molecule has 0 fully saturated rings. The molecule has 0 spiro atoms. The number of thiophene rings is 1. The van der Waals surface area contributed by atoms with Gasteiger partial charge < -0.3 is 15.0 Å². The fourth-order valence-corrected chi connectivity index (χ4v) is 3.96. The molecule has 6 heteroatoms. The molecule has 132 valence electrons. The Morgan fingerprint density at radius 2 is 2.38 bits per heavy atom. The Labute approximate surface area is 155 Å². The average Bonchev–Trinajstić information content (AvgIpc) is 3.28. The Bertz CT molecular complexity index is 1010. The fraction of sp³-hybridized carbons (Fsp3) is 0.200. The summed E-state index contributed by atoms with van der Waals surface area (Å²) < 4.78 is 5.25. The number of ether oxygens (including phenoxy) is 1. The normalized spacial score (nSPS) is 14.0. The summed E-state index contributed by atoms with van der Waals surface area (Å²) in [5, 5.41) is 6.98. The number of rotatable bonds is 5. The lowest BCUT2D eigenvalue weighted by molar-refractivity contribution is -0.115. The summed E-state index contributed by atoms with van der Waals surface area (Å²) >= 11 is 1.53. The molecule has 0 atom stereocenters. The monoisotopic (exact) mass is 365 g/mol. The first-order valence-electron chi connectivity index (χ1n) is 8.47. The number of aromatic nitrogens is 2. The number of nitrogens with zero attached hydrogens (tertiary/aromatic N) is 1. The highest BCUT2D eigenvalue weighted by atomic mass is 32.1. The zero-order chi connectivity index (χ0) is 17.9. The number of H-pyrrole nitrogens is 1. The number of carbonyl (C=O) groups excluding carboxylic acids is 1. The highest BCUT2D eigenvalue weighted by molar-refractivity contribution is 7.14. The van der Waals surface area contributed by atoms with Gasteiger partial charge in [0.05, 0.1) is 12.1 Å². The predicted molar refractivity (Wildman–Crippen MR) is 105 cm³/mol. The van der Waals surface area contributed by atoms with Crippen LogP contribution in [0.4, 0.5) is 5.00 Å². The fourth-order valence-electron chi connectivity index (χ4n) is 3.14. The van der Waals surface area contributed by atoms with Gasteiger partial charge in [0.15, 0.2) is 0 Å². The molecule has 0 aromatic carbocycles. The van der Waals surface area contributed by atoms with Crippen LogP contribution in [-0.4, -0.2) is 23.0 Å². The minimum Gasteiger partial charge on any atom is -0.497 e. The molecular weight excluding hydrogens is 346 g/mol. The van der Waals surface area contributed by atoms with E-state index in [0.29, 0.717) is 6.42 Å². The second-order valence-corrected chi connectivity index (χ2v) is 7.09. The van der Waals surface area contributed by atoms with E-state index in [0.717, 1.165) is 51.3 Å². The Morgan fingerprint density at radius 1 is 1.46 bits per heavy atom. The van der Waals surface area contributed by atoms with Crippen molar-refractivity contribution in [3.8, 4) is 11.1 Å². The Hall–Kier alpha value is -2.86. The van der Waals surface area contributed by atoms with Crippen molar-refractivity contribution >= 4 is 33.3 Å². The number of aromatic amines is 1. The molecule has 0 saturated heterocycles. The van der Waals surface area contributed by atoms with Crippen LogP contribution >= 0.6 is 11.3 Å². The largest absolute Gasteiger partial charge is 0.497 e. The molecule has 3 aromatic heterocycles. The van der Waals surface area contributed by atoms with Crippen molar-refractivity contribution in [3.63, 3.8) is 0 Å². The Morgan fingerprint density at radius 3 is 3.27 bits per heavy atom. The van der Waals surface area contributed by atoms with Crippen LogP contribution in [0.3, 0.4) is 0 Å². The number of fused-ring (bicyclic) bond motifs is 1. The first-order valence-corrected chi connectivity index (χ1v) is 9.35. The maximum Gasteiger partial charge on any atom is 0.229 e. The van der Waals surface area contributed by atoms with Gasteiger partial charge in [-0.15, -0.1) is 11.3 Å². The highest BCUT2D eigenvalue weighted by Gasteiger charge is 2.13. The minimum atomic E-state index is 0.00240. The number of allylic oxidation sites excluding steroid dienone is 2. The number of nitrogens with one attached hydrogen (secondary N) is 2. The molecule has 0 unspecified atom stereocenters. The van der Waals surface area contributed by atoms with E-state index in [1.54, 1.807) is 13.3 Å². The lowest BCUT2D eigenvalue weighted by atomic mass is 10.0. The van der Waals surface area contributed by atoms with Crippen molar-refractivity contribution < 1.29 is 9.53 Å². The van der Waals surface area contributed by atoms with Crippen LogP contribution < -0.4 is 5.32 Å². The van der Waals surface area contributed by atoms with E-state index in [1.807, 2.05) is 36.5 Å². The van der Waals surface area contributed by atoms with Crippen LogP contribution in [0.5, 0.6) is 0 Å². The van der Waals surface area contributed by atoms with Crippen LogP contribution in [0, 0.1) is 0 Å². The lowest BCUT2D eigenvalue weighted by Crippen LogP contribution is -2.12. The third-order valence-electron chi connectivity index (χ3n) is 4.40. The van der Waals surface area contributed by atoms with E-state index >= 15 is 0 Å². The van der Waals surface area contributed by atoms with E-state index in [1.165, 1.54) is 11.3 Å². The number of pyridine rings is 1. The van der Waals surface area contributed by atoms with Gasteiger partial charge in [-0.3, -0.25) is 4.79 Å². The average molecular weight is 365 g/mol. The van der Waals surface area contributed by atoms with Crippen molar-refractivity contribution in [1.29, 1.82) is 0 Å². The van der Waals surface area contributed by atoms with Gasteiger partial charge in [0.25, 0.3) is 0 Å². The molecule has 2 N–H and O–H groups in total. The second kappa shape index (κ2) is 7.17. The van der Waals surface area contributed by atoms with Crippen LogP contribution in [0.15, 0.2) is 59.5 Å². The number of amides is 1. The second-order valence-electron chi connectivity index (χ2n) is 6.18. The number of hydrogen-bond acceptors (Lipinski definition) is 4. The third-order valence-corrected chi connectivity index (χ3v) is 5.25. The Balaban J connectivity index is 1.46. The maximum absolute atomic E-state index is 12.4. The summed E-state index contributed by atoms with van der Waals surface area (Å²) in [4.78, 5) is 19.9. The van der Waals surface area contributed by atoms with Gasteiger partial charge in [-0.1, -0.05) is 5.57 Å². The first kappa shape index (κ1) is 16.6. The van der Waals surface area contributed by atoms with Gasteiger partial charge in [0.1, 0.15) is 11.4 Å². The van der Waals surface area contributed by atoms with Crippen molar-refractivity contribution in [2.24, 2.45) is 0 Å². The first-order chi connectivity index (χ1) is 12.7. The summed E-state index contributed by atoms with van der Waals surface area (Å²) in [5.74, 6) is 0.841. The van der Waals surface area contributed by atoms with Crippen LogP contribution in [0.25, 0.3) is 22.2 Å². The zero-order valence-electron chi connectivity index (χ0n) is 14.4. The van der Waals surface area contributed by atoms with Crippen LogP contribution in [-0.2, 0) is 9.53 Å². The molecule has 0 bridgehead atoms. The number of methoxy groups -OCH3 is 1. The number of anilines is 1. The van der Waals surface area contributed by atoms with E-state index in [4.69, 9.17) is 4.74 Å². The van der Waals surface area contributed by atoms with E-state index in [9.17, 15) is 4.79 Å². The Kier molecular flexibility index (Phi) is 4.58. The molecule has 0 radical (unpaired) electrons. The van der Waals surface area contributed by atoms with E-state index in [2.05, 4.69) is 20.7 Å². The van der Waals surface area contributed by atoms with E-state index in [-0.39, 0.29) is 5.91 Å². The molecule has 4 rings (SSSR count). The van der Waals surface area contributed by atoms with Crippen molar-refractivity contribution in [1.82, 2.24) is 9.97 Å². The molecule has 5 nitrogen and oxygen atoms in total. The molecule has 0 aliphatic heterocycles. The summed E-state index contributed by atoms with van der Waals surface area (Å²) in [6, 6.07) is 5.98. The number of hydrogen-bond donors (Lipinski definition) is 2. The molecule has 1 aliphatic carbocycles. The molecular formula is C20H19N3O2S. The van der Waals surface area contributed by atoms with Crippen molar-refractivity contribution in [2.75, 3.05) is 12.4 Å². The van der Waals surface area contributed by atoms with Crippen LogP contribution in [0.1, 0.15) is 19.3 Å². The zero-order valence-corrected chi connectivity index (χ0v) is 15.2. The standard InChI is InChI=1S/C20H19N3O2S/c1-25-15-5-2-4-13(8-15)9-18(24)23-19-10-14(12-26-19)17-11-22-20-16(17)6-3-7-21-20/h3,5-8,10-12H,2,4,9H2,1H3,(H,21,22)(H,23,24). The predicted octanol–water partition coefficient (Wildman–Crippen LogP) is 4.87. The van der Waals surface area contributed by atoms with Gasteiger partial charge in [0.2, 0.25) is 5.91 Å². The quantitative estimate of drug-likeness (QED) is 0.678. The maximum atomic E-state index is 12.4. The molecule has 26 heavy (non-hydrogen) atoms. The van der Waals surface area contributed by atoms with Crippen molar-refractivity contribution in [2.45, 2.75) is 19.3 Å². The summed E-state index contributed by atoms with van der Waals surface area (Å²) in [6.45, 7) is 0. The highest BCUT2D eigenvalue weighted by Crippen LogP contribution is 2.33. The van der Waals surface area contributed by atoms with Gasteiger partial charge >= 0.3 is 0 Å². The van der Waals surface area contributed by atoms with Gasteiger partial charge in [0, 0.05) is 35.1 Å². The molecule has 1 amide bonds. The molecule has 3 aromatic rings. The summed E-state index contributed by atoms with van der Waals surface area (Å²) in [6.07, 6.45) is 9.94. The molecule has 1 aliphatic rings. The molecule has 3 heterocycles. The lowest BCUT2D eigenvalue weighted by Gasteiger charge is -2.12. The summed E-state index contributed by atoms with van der Waals surface area (Å²) in [5.41, 5.74) is 4.13. The van der Waals surface area contributed by atoms with Crippen LogP contribution in [0.2, 0.25) is 0 Å². The van der Waals surface area contributed by atoms with Gasteiger partial charge in [-0.05, 0) is 48.8 Å². The SMILES string of the molecule is COC1=CCCC(CC(=O)Nc2cc(-c3c[nH]c4ncccc34)cs2)=C1. The van der Waals surface area contributed by atoms with Gasteiger partial charge in [-0.2, -0.15) is 0 Å². The summed E-state index contributed by atoms with van der Waals surface area (Å²) in [7, 11) is 1.65. The van der Waals surface area contributed by atoms with Gasteiger partial charge in [-0.25, -0.2) is 4.98 Å². The minimum absolute atomic E-state index is 0.00240. The smallest absolute Gasteiger partial charge is 0.229 e. The molecule has 0 saturated carbocycles.